The smallest absolute Gasteiger partial charge is 0.00965 e. The third-order valence-electron chi connectivity index (χ3n) is 3.57. The molecule has 1 heteroatoms. The van der Waals surface area contributed by atoms with E-state index in [4.69, 9.17) is 0 Å². The summed E-state index contributed by atoms with van der Waals surface area (Å²) in [6.07, 6.45) is 8.28. The molecule has 0 rings (SSSR count). The van der Waals surface area contributed by atoms with Crippen LogP contribution in [0.5, 0.6) is 0 Å². The van der Waals surface area contributed by atoms with Crippen molar-refractivity contribution in [3.8, 4) is 0 Å². The molecular formula is C16H35N. The third kappa shape index (κ3) is 10.8. The molecule has 0 aliphatic heterocycles. The standard InChI is InChI=1S/C16H35N/c1-7-9-10-15(8-2)13-14(3)11-12-17-16(4,5)6/h14-15,17H,7-13H2,1-6H3. The summed E-state index contributed by atoms with van der Waals surface area (Å²) in [6, 6.07) is 0. The van der Waals surface area contributed by atoms with Gasteiger partial charge in [-0.05, 0) is 52.0 Å². The van der Waals surface area contributed by atoms with Crippen LogP contribution < -0.4 is 5.32 Å². The molecule has 0 radical (unpaired) electrons. The molecule has 104 valence electrons. The lowest BCUT2D eigenvalue weighted by Gasteiger charge is -2.23. The second kappa shape index (κ2) is 8.97. The van der Waals surface area contributed by atoms with Crippen molar-refractivity contribution in [1.82, 2.24) is 5.32 Å². The van der Waals surface area contributed by atoms with Crippen LogP contribution in [0.2, 0.25) is 0 Å². The predicted octanol–water partition coefficient (Wildman–Crippen LogP) is 5.01. The van der Waals surface area contributed by atoms with Gasteiger partial charge in [-0.25, -0.2) is 0 Å². The van der Waals surface area contributed by atoms with E-state index in [1.54, 1.807) is 0 Å². The zero-order valence-corrected chi connectivity index (χ0v) is 13.1. The Kier molecular flexibility index (Phi) is 8.94. The van der Waals surface area contributed by atoms with Crippen molar-refractivity contribution in [2.45, 2.75) is 85.6 Å². The summed E-state index contributed by atoms with van der Waals surface area (Å²) in [5, 5.41) is 3.59. The van der Waals surface area contributed by atoms with E-state index >= 15 is 0 Å². The van der Waals surface area contributed by atoms with E-state index in [0.717, 1.165) is 18.4 Å². The molecule has 0 aromatic carbocycles. The van der Waals surface area contributed by atoms with E-state index in [1.807, 2.05) is 0 Å². The maximum Gasteiger partial charge on any atom is 0.00965 e. The van der Waals surface area contributed by atoms with Gasteiger partial charge >= 0.3 is 0 Å². The van der Waals surface area contributed by atoms with Crippen molar-refractivity contribution < 1.29 is 0 Å². The molecule has 0 saturated carbocycles. The van der Waals surface area contributed by atoms with Crippen LogP contribution in [0.15, 0.2) is 0 Å². The van der Waals surface area contributed by atoms with Crippen LogP contribution in [-0.4, -0.2) is 12.1 Å². The first-order valence-corrected chi connectivity index (χ1v) is 7.64. The van der Waals surface area contributed by atoms with E-state index in [0.29, 0.717) is 0 Å². The molecule has 2 atom stereocenters. The number of rotatable bonds is 9. The highest BCUT2D eigenvalue weighted by Crippen LogP contribution is 2.23. The fraction of sp³-hybridized carbons (Fsp3) is 1.00. The molecule has 0 aliphatic carbocycles. The summed E-state index contributed by atoms with van der Waals surface area (Å²) >= 11 is 0. The summed E-state index contributed by atoms with van der Waals surface area (Å²) in [5.74, 6) is 1.83. The quantitative estimate of drug-likeness (QED) is 0.598. The van der Waals surface area contributed by atoms with Gasteiger partial charge in [0.05, 0.1) is 0 Å². The van der Waals surface area contributed by atoms with Gasteiger partial charge in [-0.2, -0.15) is 0 Å². The zero-order chi connectivity index (χ0) is 13.3. The molecule has 0 bridgehead atoms. The van der Waals surface area contributed by atoms with Crippen molar-refractivity contribution in [2.75, 3.05) is 6.54 Å². The minimum absolute atomic E-state index is 0.270. The Morgan fingerprint density at radius 3 is 2.18 bits per heavy atom. The fourth-order valence-electron chi connectivity index (χ4n) is 2.36. The summed E-state index contributed by atoms with van der Waals surface area (Å²) in [7, 11) is 0. The van der Waals surface area contributed by atoms with Crippen LogP contribution in [0.1, 0.15) is 80.1 Å². The Labute approximate surface area is 110 Å². The SMILES string of the molecule is CCCCC(CC)CC(C)CCNC(C)(C)C. The molecule has 0 amide bonds. The Bertz CT molecular complexity index is 169. The van der Waals surface area contributed by atoms with Crippen LogP contribution in [-0.2, 0) is 0 Å². The van der Waals surface area contributed by atoms with Gasteiger partial charge in [0.2, 0.25) is 0 Å². The summed E-state index contributed by atoms with van der Waals surface area (Å²) in [4.78, 5) is 0. The Hall–Kier alpha value is -0.0400. The van der Waals surface area contributed by atoms with E-state index < -0.39 is 0 Å². The monoisotopic (exact) mass is 241 g/mol. The fourth-order valence-corrected chi connectivity index (χ4v) is 2.36. The second-order valence-corrected chi connectivity index (χ2v) is 6.72. The van der Waals surface area contributed by atoms with Gasteiger partial charge in [0.1, 0.15) is 0 Å². The Balaban J connectivity index is 3.71. The molecule has 0 aromatic heterocycles. The number of nitrogens with one attached hydrogen (secondary N) is 1. The average Bonchev–Trinajstić information content (AvgIpc) is 2.22. The Morgan fingerprint density at radius 2 is 1.71 bits per heavy atom. The van der Waals surface area contributed by atoms with E-state index in [1.165, 1.54) is 38.5 Å². The molecule has 0 heterocycles. The average molecular weight is 241 g/mol. The molecule has 0 fully saturated rings. The lowest BCUT2D eigenvalue weighted by molar-refractivity contribution is 0.323. The first-order valence-electron chi connectivity index (χ1n) is 7.64. The van der Waals surface area contributed by atoms with Crippen molar-refractivity contribution in [3.05, 3.63) is 0 Å². The van der Waals surface area contributed by atoms with Crippen molar-refractivity contribution >= 4 is 0 Å². The van der Waals surface area contributed by atoms with E-state index in [2.05, 4.69) is 46.9 Å². The van der Waals surface area contributed by atoms with E-state index in [9.17, 15) is 0 Å². The molecule has 1 N–H and O–H groups in total. The maximum atomic E-state index is 3.59. The first kappa shape index (κ1) is 17.0. The lowest BCUT2D eigenvalue weighted by atomic mass is 9.88. The molecule has 0 aliphatic rings. The van der Waals surface area contributed by atoms with Crippen molar-refractivity contribution in [2.24, 2.45) is 11.8 Å². The number of hydrogen-bond donors (Lipinski definition) is 1. The van der Waals surface area contributed by atoms with Crippen LogP contribution in [0, 0.1) is 11.8 Å². The highest BCUT2D eigenvalue weighted by Gasteiger charge is 2.13. The van der Waals surface area contributed by atoms with Gasteiger partial charge < -0.3 is 5.32 Å². The Morgan fingerprint density at radius 1 is 1.06 bits per heavy atom. The van der Waals surface area contributed by atoms with Gasteiger partial charge in [-0.1, -0.05) is 46.5 Å². The minimum Gasteiger partial charge on any atom is -0.312 e. The molecule has 0 aromatic rings. The van der Waals surface area contributed by atoms with Crippen molar-refractivity contribution in [1.29, 1.82) is 0 Å². The first-order chi connectivity index (χ1) is 7.89. The maximum absolute atomic E-state index is 3.59. The molecule has 1 nitrogen and oxygen atoms in total. The van der Waals surface area contributed by atoms with Crippen LogP contribution in [0.3, 0.4) is 0 Å². The van der Waals surface area contributed by atoms with Crippen LogP contribution in [0.25, 0.3) is 0 Å². The highest BCUT2D eigenvalue weighted by molar-refractivity contribution is 4.71. The summed E-state index contributed by atoms with van der Waals surface area (Å²) in [5.41, 5.74) is 0.270. The van der Waals surface area contributed by atoms with Gasteiger partial charge in [0.15, 0.2) is 0 Å². The van der Waals surface area contributed by atoms with Crippen molar-refractivity contribution in [3.63, 3.8) is 0 Å². The number of hydrogen-bond acceptors (Lipinski definition) is 1. The van der Waals surface area contributed by atoms with Crippen LogP contribution in [0.4, 0.5) is 0 Å². The molecule has 0 saturated heterocycles. The van der Waals surface area contributed by atoms with Gasteiger partial charge in [0.25, 0.3) is 0 Å². The molecule has 17 heavy (non-hydrogen) atoms. The largest absolute Gasteiger partial charge is 0.312 e. The third-order valence-corrected chi connectivity index (χ3v) is 3.57. The normalized spacial score (nSPS) is 15.9. The van der Waals surface area contributed by atoms with Gasteiger partial charge in [-0.15, -0.1) is 0 Å². The zero-order valence-electron chi connectivity index (χ0n) is 13.1. The van der Waals surface area contributed by atoms with Crippen LogP contribution >= 0.6 is 0 Å². The summed E-state index contributed by atoms with van der Waals surface area (Å²) in [6.45, 7) is 15.0. The second-order valence-electron chi connectivity index (χ2n) is 6.72. The molecule has 2 unspecified atom stereocenters. The topological polar surface area (TPSA) is 12.0 Å². The molecule has 0 spiro atoms. The minimum atomic E-state index is 0.270. The summed E-state index contributed by atoms with van der Waals surface area (Å²) < 4.78 is 0. The number of unbranched alkanes of at least 4 members (excludes halogenated alkanes) is 1. The van der Waals surface area contributed by atoms with Gasteiger partial charge in [0, 0.05) is 5.54 Å². The predicted molar refractivity (Wildman–Crippen MR) is 79.5 cm³/mol. The van der Waals surface area contributed by atoms with E-state index in [-0.39, 0.29) is 5.54 Å². The lowest BCUT2D eigenvalue weighted by Crippen LogP contribution is -2.37. The molecular weight excluding hydrogens is 206 g/mol. The van der Waals surface area contributed by atoms with Gasteiger partial charge in [-0.3, -0.25) is 0 Å². The highest BCUT2D eigenvalue weighted by atomic mass is 14.9.